The second kappa shape index (κ2) is 4.83. The van der Waals surface area contributed by atoms with Gasteiger partial charge in [0.1, 0.15) is 0 Å². The van der Waals surface area contributed by atoms with Crippen molar-refractivity contribution in [2.45, 2.75) is 6.42 Å². The Balaban J connectivity index is 2.27. The predicted octanol–water partition coefficient (Wildman–Crippen LogP) is 1.88. The molecule has 0 bridgehead atoms. The van der Waals surface area contributed by atoms with Gasteiger partial charge in [0.2, 0.25) is 5.91 Å². The van der Waals surface area contributed by atoms with Crippen LogP contribution in [0.1, 0.15) is 15.9 Å². The predicted molar refractivity (Wildman–Crippen MR) is 82.0 cm³/mol. The number of carbonyl (C=O) groups is 2. The third kappa shape index (κ3) is 1.86. The summed E-state index contributed by atoms with van der Waals surface area (Å²) in [6.07, 6.45) is 0.212. The molecule has 2 aromatic rings. The molecule has 0 atom stereocenters. The molecule has 3 rings (SSSR count). The fourth-order valence-corrected chi connectivity index (χ4v) is 2.89. The Kier molecular flexibility index (Phi) is 3.14. The van der Waals surface area contributed by atoms with Crippen LogP contribution >= 0.6 is 12.6 Å². The van der Waals surface area contributed by atoms with Crippen molar-refractivity contribution in [3.05, 3.63) is 41.5 Å². The highest BCUT2D eigenvalue weighted by atomic mass is 32.1. The standard InChI is InChI=1S/C15H14N2O2S/c16-12-7-9-8-13(18)17(5-6-20)15(19)14(9)11-4-2-1-3-10(11)12/h1-4,7,20H,5-6,8,16H2. The van der Waals surface area contributed by atoms with Crippen LogP contribution in [0.3, 0.4) is 0 Å². The number of anilines is 1. The summed E-state index contributed by atoms with van der Waals surface area (Å²) in [5, 5.41) is 1.66. The first-order valence-corrected chi connectivity index (χ1v) is 7.02. The Bertz CT molecular complexity index is 727. The highest BCUT2D eigenvalue weighted by Crippen LogP contribution is 2.32. The summed E-state index contributed by atoms with van der Waals surface area (Å²) >= 11 is 4.11. The van der Waals surface area contributed by atoms with Crippen LogP contribution in [0.25, 0.3) is 10.8 Å². The molecule has 0 fully saturated rings. The van der Waals surface area contributed by atoms with Gasteiger partial charge in [-0.1, -0.05) is 24.3 Å². The summed E-state index contributed by atoms with van der Waals surface area (Å²) in [5.41, 5.74) is 7.92. The molecule has 0 unspecified atom stereocenters. The first-order chi connectivity index (χ1) is 9.63. The Morgan fingerprint density at radius 2 is 1.90 bits per heavy atom. The van der Waals surface area contributed by atoms with E-state index in [1.54, 1.807) is 6.07 Å². The number of nitrogens with zero attached hydrogens (tertiary/aromatic N) is 1. The van der Waals surface area contributed by atoms with E-state index in [4.69, 9.17) is 5.73 Å². The zero-order chi connectivity index (χ0) is 14.3. The van der Waals surface area contributed by atoms with Crippen molar-refractivity contribution in [3.63, 3.8) is 0 Å². The molecule has 0 spiro atoms. The fourth-order valence-electron chi connectivity index (χ4n) is 2.69. The Morgan fingerprint density at radius 1 is 1.20 bits per heavy atom. The number of hydrogen-bond donors (Lipinski definition) is 2. The van der Waals surface area contributed by atoms with Gasteiger partial charge in [-0.25, -0.2) is 0 Å². The number of imide groups is 1. The smallest absolute Gasteiger partial charge is 0.261 e. The van der Waals surface area contributed by atoms with Gasteiger partial charge in [0.05, 0.1) is 12.0 Å². The zero-order valence-electron chi connectivity index (χ0n) is 10.8. The van der Waals surface area contributed by atoms with E-state index in [2.05, 4.69) is 12.6 Å². The number of nitrogen functional groups attached to an aromatic ring is 1. The van der Waals surface area contributed by atoms with Gasteiger partial charge in [-0.2, -0.15) is 12.6 Å². The average Bonchev–Trinajstić information content (AvgIpc) is 2.43. The lowest BCUT2D eigenvalue weighted by atomic mass is 9.91. The maximum atomic E-state index is 12.6. The van der Waals surface area contributed by atoms with Gasteiger partial charge >= 0.3 is 0 Å². The van der Waals surface area contributed by atoms with E-state index in [0.717, 1.165) is 10.8 Å². The number of fused-ring (bicyclic) bond motifs is 3. The second-order valence-electron chi connectivity index (χ2n) is 4.80. The van der Waals surface area contributed by atoms with E-state index >= 15 is 0 Å². The van der Waals surface area contributed by atoms with Gasteiger partial charge in [0, 0.05) is 23.4 Å². The van der Waals surface area contributed by atoms with Gasteiger partial charge in [0.15, 0.2) is 0 Å². The molecule has 2 N–H and O–H groups in total. The van der Waals surface area contributed by atoms with E-state index in [9.17, 15) is 9.59 Å². The number of thiol groups is 1. The number of benzene rings is 2. The lowest BCUT2D eigenvalue weighted by Gasteiger charge is -2.27. The average molecular weight is 286 g/mol. The summed E-state index contributed by atoms with van der Waals surface area (Å²) < 4.78 is 0. The molecule has 20 heavy (non-hydrogen) atoms. The lowest BCUT2D eigenvalue weighted by Crippen LogP contribution is -2.43. The number of rotatable bonds is 2. The summed E-state index contributed by atoms with van der Waals surface area (Å²) in [5.74, 6) is 0.0208. The number of nitrogens with two attached hydrogens (primary N) is 1. The van der Waals surface area contributed by atoms with Crippen LogP contribution in [-0.2, 0) is 11.2 Å². The Labute approximate surface area is 122 Å². The largest absolute Gasteiger partial charge is 0.398 e. The zero-order valence-corrected chi connectivity index (χ0v) is 11.7. The number of amides is 2. The molecular weight excluding hydrogens is 272 g/mol. The van der Waals surface area contributed by atoms with Crippen molar-refractivity contribution >= 4 is 40.9 Å². The molecule has 102 valence electrons. The van der Waals surface area contributed by atoms with Crippen molar-refractivity contribution in [2.75, 3.05) is 18.0 Å². The highest BCUT2D eigenvalue weighted by molar-refractivity contribution is 7.80. The molecule has 0 aromatic heterocycles. The normalized spacial score (nSPS) is 14.8. The molecule has 2 aromatic carbocycles. The molecule has 0 aliphatic carbocycles. The van der Waals surface area contributed by atoms with Crippen LogP contribution in [0, 0.1) is 0 Å². The van der Waals surface area contributed by atoms with Crippen molar-refractivity contribution in [3.8, 4) is 0 Å². The topological polar surface area (TPSA) is 63.4 Å². The lowest BCUT2D eigenvalue weighted by molar-refractivity contribution is -0.128. The molecule has 4 nitrogen and oxygen atoms in total. The second-order valence-corrected chi connectivity index (χ2v) is 5.24. The minimum atomic E-state index is -0.249. The molecule has 0 radical (unpaired) electrons. The Morgan fingerprint density at radius 3 is 2.60 bits per heavy atom. The molecule has 1 heterocycles. The van der Waals surface area contributed by atoms with Crippen molar-refractivity contribution in [1.82, 2.24) is 4.90 Å². The molecule has 5 heteroatoms. The quantitative estimate of drug-likeness (QED) is 0.503. The third-order valence-corrected chi connectivity index (χ3v) is 3.78. The van der Waals surface area contributed by atoms with Gasteiger partial charge < -0.3 is 5.73 Å². The van der Waals surface area contributed by atoms with Crippen LogP contribution in [-0.4, -0.2) is 29.0 Å². The van der Waals surface area contributed by atoms with Gasteiger partial charge in [0.25, 0.3) is 5.91 Å². The molecular formula is C15H14N2O2S. The summed E-state index contributed by atoms with van der Waals surface area (Å²) in [4.78, 5) is 25.9. The van der Waals surface area contributed by atoms with Crippen molar-refractivity contribution < 1.29 is 9.59 Å². The van der Waals surface area contributed by atoms with Gasteiger partial charge in [-0.3, -0.25) is 14.5 Å². The molecule has 1 aliphatic heterocycles. The molecule has 0 saturated carbocycles. The summed E-state index contributed by atoms with van der Waals surface area (Å²) in [6, 6.07) is 9.25. The van der Waals surface area contributed by atoms with Crippen LogP contribution in [0.15, 0.2) is 30.3 Å². The van der Waals surface area contributed by atoms with Crippen LogP contribution < -0.4 is 5.73 Å². The SMILES string of the molecule is Nc1cc2c(c3ccccc13)C(=O)N(CCS)C(=O)C2. The minimum absolute atomic E-state index is 0.189. The first kappa shape index (κ1) is 13.0. The van der Waals surface area contributed by atoms with E-state index < -0.39 is 0 Å². The monoisotopic (exact) mass is 286 g/mol. The van der Waals surface area contributed by atoms with Crippen LogP contribution in [0.5, 0.6) is 0 Å². The minimum Gasteiger partial charge on any atom is -0.398 e. The van der Waals surface area contributed by atoms with Gasteiger partial charge in [-0.05, 0) is 17.0 Å². The van der Waals surface area contributed by atoms with E-state index in [1.807, 2.05) is 24.3 Å². The van der Waals surface area contributed by atoms with Crippen molar-refractivity contribution in [1.29, 1.82) is 0 Å². The van der Waals surface area contributed by atoms with Gasteiger partial charge in [-0.15, -0.1) is 0 Å². The summed E-state index contributed by atoms with van der Waals surface area (Å²) in [6.45, 7) is 0.332. The van der Waals surface area contributed by atoms with Crippen molar-refractivity contribution in [2.24, 2.45) is 0 Å². The summed E-state index contributed by atoms with van der Waals surface area (Å²) in [7, 11) is 0. The Hall–Kier alpha value is -2.01. The first-order valence-electron chi connectivity index (χ1n) is 6.39. The van der Waals surface area contributed by atoms with E-state index in [1.165, 1.54) is 4.90 Å². The maximum Gasteiger partial charge on any atom is 0.261 e. The molecule has 0 saturated heterocycles. The number of carbonyl (C=O) groups excluding carboxylic acids is 2. The highest BCUT2D eigenvalue weighted by Gasteiger charge is 2.32. The van der Waals surface area contributed by atoms with E-state index in [0.29, 0.717) is 29.1 Å². The van der Waals surface area contributed by atoms with Crippen LogP contribution in [0.4, 0.5) is 5.69 Å². The molecule has 2 amide bonds. The molecule has 1 aliphatic rings. The maximum absolute atomic E-state index is 12.6. The number of hydrogen-bond acceptors (Lipinski definition) is 4. The fraction of sp³-hybridized carbons (Fsp3) is 0.200. The van der Waals surface area contributed by atoms with Crippen LogP contribution in [0.2, 0.25) is 0 Å². The third-order valence-electron chi connectivity index (χ3n) is 3.58. The van der Waals surface area contributed by atoms with E-state index in [-0.39, 0.29) is 18.2 Å².